The molecule has 1 heterocycles. The molecule has 0 spiro atoms. The van der Waals surface area contributed by atoms with Crippen LogP contribution >= 0.6 is 0 Å². The fourth-order valence-electron chi connectivity index (χ4n) is 1.64. The van der Waals surface area contributed by atoms with Crippen molar-refractivity contribution >= 4 is 0 Å². The summed E-state index contributed by atoms with van der Waals surface area (Å²) in [5, 5.41) is 3.92. The van der Waals surface area contributed by atoms with Crippen LogP contribution in [0.15, 0.2) is 4.52 Å². The van der Waals surface area contributed by atoms with Crippen LogP contribution in [-0.2, 0) is 16.7 Å². The topological polar surface area (TPSA) is 74.2 Å². The number of nitrogens with zero attached hydrogens (tertiary/aromatic N) is 2. The lowest BCUT2D eigenvalue weighted by atomic mass is 9.77. The molecular weight excluding hydrogens is 194 g/mol. The molecule has 84 valence electrons. The Kier molecular flexibility index (Phi) is 3.02. The number of nitrogens with two attached hydrogens (primary N) is 1. The van der Waals surface area contributed by atoms with Gasteiger partial charge >= 0.3 is 0 Å². The Bertz CT molecular complexity index is 320. The van der Waals surface area contributed by atoms with Gasteiger partial charge in [0.15, 0.2) is 5.82 Å². The van der Waals surface area contributed by atoms with Crippen molar-refractivity contribution in [3.8, 4) is 0 Å². The third-order valence-corrected chi connectivity index (χ3v) is 2.82. The van der Waals surface area contributed by atoms with Crippen molar-refractivity contribution in [3.63, 3.8) is 0 Å². The molecule has 15 heavy (non-hydrogen) atoms. The van der Waals surface area contributed by atoms with Gasteiger partial charge < -0.3 is 15.0 Å². The summed E-state index contributed by atoms with van der Waals surface area (Å²) in [6.07, 6.45) is 3.73. The molecule has 0 aromatic carbocycles. The molecule has 0 aliphatic heterocycles. The van der Waals surface area contributed by atoms with Gasteiger partial charge in [-0.2, -0.15) is 4.98 Å². The van der Waals surface area contributed by atoms with Gasteiger partial charge in [0.05, 0.1) is 18.6 Å². The highest BCUT2D eigenvalue weighted by atomic mass is 16.5. The van der Waals surface area contributed by atoms with E-state index in [1.807, 2.05) is 6.92 Å². The maximum absolute atomic E-state index is 6.08. The molecule has 0 bridgehead atoms. The van der Waals surface area contributed by atoms with Gasteiger partial charge in [-0.15, -0.1) is 0 Å². The van der Waals surface area contributed by atoms with Gasteiger partial charge in [0.2, 0.25) is 5.89 Å². The normalized spacial score (nSPS) is 18.8. The molecule has 1 aliphatic carbocycles. The average molecular weight is 211 g/mol. The van der Waals surface area contributed by atoms with Crippen LogP contribution in [0.3, 0.4) is 0 Å². The summed E-state index contributed by atoms with van der Waals surface area (Å²) in [6, 6.07) is 0. The van der Waals surface area contributed by atoms with E-state index in [0.717, 1.165) is 19.3 Å². The number of hydrogen-bond acceptors (Lipinski definition) is 5. The minimum absolute atomic E-state index is 0.326. The summed E-state index contributed by atoms with van der Waals surface area (Å²) in [6.45, 7) is 3.29. The van der Waals surface area contributed by atoms with Gasteiger partial charge in [0.25, 0.3) is 0 Å². The summed E-state index contributed by atoms with van der Waals surface area (Å²) in [5.74, 6) is 1.27. The summed E-state index contributed by atoms with van der Waals surface area (Å²) in [4.78, 5) is 4.29. The zero-order valence-corrected chi connectivity index (χ0v) is 9.03. The average Bonchev–Trinajstić information content (AvgIpc) is 2.64. The standard InChI is InChI=1S/C10H17N3O2/c1-2-14-7-4-8-12-9(13-15-8)10(11)5-3-6-10/h2-7,11H2,1H3. The number of aromatic nitrogens is 2. The van der Waals surface area contributed by atoms with Crippen molar-refractivity contribution in [1.82, 2.24) is 10.1 Å². The van der Waals surface area contributed by atoms with Crippen LogP contribution in [0.25, 0.3) is 0 Å². The molecule has 0 amide bonds. The molecule has 1 fully saturated rings. The molecule has 0 radical (unpaired) electrons. The Hall–Kier alpha value is -0.940. The minimum atomic E-state index is -0.326. The molecule has 1 saturated carbocycles. The summed E-state index contributed by atoms with van der Waals surface area (Å²) in [7, 11) is 0. The van der Waals surface area contributed by atoms with Crippen LogP contribution < -0.4 is 5.73 Å². The SMILES string of the molecule is CCOCCc1nc(C2(N)CCC2)no1. The maximum Gasteiger partial charge on any atom is 0.229 e. The Morgan fingerprint density at radius 2 is 2.33 bits per heavy atom. The van der Waals surface area contributed by atoms with Crippen molar-refractivity contribution in [3.05, 3.63) is 11.7 Å². The third kappa shape index (κ3) is 2.18. The van der Waals surface area contributed by atoms with E-state index in [0.29, 0.717) is 31.3 Å². The molecule has 2 rings (SSSR count). The third-order valence-electron chi connectivity index (χ3n) is 2.82. The highest BCUT2D eigenvalue weighted by Gasteiger charge is 2.38. The lowest BCUT2D eigenvalue weighted by Gasteiger charge is -2.34. The second kappa shape index (κ2) is 4.28. The van der Waals surface area contributed by atoms with Crippen LogP contribution in [0.5, 0.6) is 0 Å². The van der Waals surface area contributed by atoms with Crippen molar-refractivity contribution in [2.75, 3.05) is 13.2 Å². The predicted molar refractivity (Wildman–Crippen MR) is 54.2 cm³/mol. The Labute approximate surface area is 89.0 Å². The second-order valence-electron chi connectivity index (χ2n) is 3.97. The van der Waals surface area contributed by atoms with Gasteiger partial charge in [0.1, 0.15) is 0 Å². The summed E-state index contributed by atoms with van der Waals surface area (Å²) < 4.78 is 10.3. The molecule has 0 unspecified atom stereocenters. The molecule has 5 heteroatoms. The highest BCUT2D eigenvalue weighted by molar-refractivity contribution is 5.08. The van der Waals surface area contributed by atoms with E-state index in [9.17, 15) is 0 Å². The Morgan fingerprint density at radius 3 is 2.93 bits per heavy atom. The Morgan fingerprint density at radius 1 is 1.53 bits per heavy atom. The summed E-state index contributed by atoms with van der Waals surface area (Å²) >= 11 is 0. The fraction of sp³-hybridized carbons (Fsp3) is 0.800. The quantitative estimate of drug-likeness (QED) is 0.735. The van der Waals surface area contributed by atoms with Crippen LogP contribution in [0.1, 0.15) is 37.9 Å². The first kappa shape index (κ1) is 10.6. The van der Waals surface area contributed by atoms with E-state index in [2.05, 4.69) is 10.1 Å². The van der Waals surface area contributed by atoms with E-state index < -0.39 is 0 Å². The monoisotopic (exact) mass is 211 g/mol. The fourth-order valence-corrected chi connectivity index (χ4v) is 1.64. The zero-order valence-electron chi connectivity index (χ0n) is 9.03. The van der Waals surface area contributed by atoms with E-state index in [4.69, 9.17) is 15.0 Å². The maximum atomic E-state index is 6.08. The van der Waals surface area contributed by atoms with Crippen LogP contribution in [-0.4, -0.2) is 23.4 Å². The van der Waals surface area contributed by atoms with Crippen LogP contribution in [0.4, 0.5) is 0 Å². The molecule has 2 N–H and O–H groups in total. The molecule has 1 aromatic heterocycles. The number of ether oxygens (including phenoxy) is 1. The first-order valence-electron chi connectivity index (χ1n) is 5.44. The first-order chi connectivity index (χ1) is 7.24. The van der Waals surface area contributed by atoms with Gasteiger partial charge in [-0.3, -0.25) is 0 Å². The van der Waals surface area contributed by atoms with Crippen LogP contribution in [0.2, 0.25) is 0 Å². The molecule has 1 aliphatic rings. The van der Waals surface area contributed by atoms with E-state index >= 15 is 0 Å². The van der Waals surface area contributed by atoms with E-state index in [-0.39, 0.29) is 5.54 Å². The molecular formula is C10H17N3O2. The minimum Gasteiger partial charge on any atom is -0.381 e. The second-order valence-corrected chi connectivity index (χ2v) is 3.97. The molecule has 0 saturated heterocycles. The molecule has 0 atom stereocenters. The molecule has 1 aromatic rings. The van der Waals surface area contributed by atoms with Crippen molar-refractivity contribution in [2.24, 2.45) is 5.73 Å². The van der Waals surface area contributed by atoms with Crippen LogP contribution in [0, 0.1) is 0 Å². The van der Waals surface area contributed by atoms with Gasteiger partial charge in [-0.1, -0.05) is 5.16 Å². The van der Waals surface area contributed by atoms with Gasteiger partial charge in [-0.05, 0) is 26.2 Å². The zero-order chi connectivity index (χ0) is 10.7. The van der Waals surface area contributed by atoms with Crippen molar-refractivity contribution < 1.29 is 9.26 Å². The molecule has 5 nitrogen and oxygen atoms in total. The number of rotatable bonds is 5. The lowest BCUT2D eigenvalue weighted by Crippen LogP contribution is -2.44. The van der Waals surface area contributed by atoms with Crippen molar-refractivity contribution in [2.45, 2.75) is 38.1 Å². The van der Waals surface area contributed by atoms with Gasteiger partial charge in [-0.25, -0.2) is 0 Å². The summed E-state index contributed by atoms with van der Waals surface area (Å²) in [5.41, 5.74) is 5.75. The van der Waals surface area contributed by atoms with Gasteiger partial charge in [0, 0.05) is 6.61 Å². The number of hydrogen-bond donors (Lipinski definition) is 1. The van der Waals surface area contributed by atoms with Crippen molar-refractivity contribution in [1.29, 1.82) is 0 Å². The highest BCUT2D eigenvalue weighted by Crippen LogP contribution is 2.36. The smallest absolute Gasteiger partial charge is 0.229 e. The predicted octanol–water partition coefficient (Wildman–Crippen LogP) is 0.986. The largest absolute Gasteiger partial charge is 0.381 e. The van der Waals surface area contributed by atoms with E-state index in [1.165, 1.54) is 0 Å². The first-order valence-corrected chi connectivity index (χ1v) is 5.44. The Balaban J connectivity index is 1.92. The lowest BCUT2D eigenvalue weighted by molar-refractivity contribution is 0.144. The van der Waals surface area contributed by atoms with E-state index in [1.54, 1.807) is 0 Å².